The number of aliphatic hydroxyl groups is 1. The molecule has 8 heteroatoms. The lowest BCUT2D eigenvalue weighted by molar-refractivity contribution is -0.151. The van der Waals surface area contributed by atoms with Gasteiger partial charge in [0.05, 0.1) is 30.1 Å². The standard InChI is InChI=1S/C32H45N3O5/c1-9-15-33(8)28(37)25-26-29(38)35(23(19-36)17-20(3)4)27(32(26)14-13-31(25,7)40-32)30(39)34(16-10-2)24-18-21(5)11-12-22(24)6/h9-12,18,20,23,25-27,36H,1-2,13-17,19H2,3-8H3/t23-,25+,26+,27?,31-,32?/m1/s1. The van der Waals surface area contributed by atoms with Crippen molar-refractivity contribution in [3.05, 3.63) is 54.6 Å². The molecular formula is C32H45N3O5. The number of fused-ring (bicyclic) bond motifs is 1. The number of aryl methyl sites for hydroxylation is 2. The third-order valence-corrected chi connectivity index (χ3v) is 9.07. The number of ether oxygens (including phenoxy) is 1. The second-order valence-corrected chi connectivity index (χ2v) is 12.5. The molecule has 40 heavy (non-hydrogen) atoms. The molecular weight excluding hydrogens is 506 g/mol. The van der Waals surface area contributed by atoms with Crippen molar-refractivity contribution in [3.63, 3.8) is 0 Å². The lowest BCUT2D eigenvalue weighted by atomic mass is 9.66. The Bertz CT molecular complexity index is 1200. The van der Waals surface area contributed by atoms with E-state index >= 15 is 0 Å². The number of nitrogens with zero attached hydrogens (tertiary/aromatic N) is 3. The molecule has 3 saturated heterocycles. The van der Waals surface area contributed by atoms with E-state index in [1.54, 1.807) is 33.9 Å². The number of benzene rings is 1. The van der Waals surface area contributed by atoms with Gasteiger partial charge >= 0.3 is 0 Å². The first kappa shape index (κ1) is 30.0. The number of hydrogen-bond acceptors (Lipinski definition) is 5. The van der Waals surface area contributed by atoms with Gasteiger partial charge in [0.15, 0.2) is 0 Å². The van der Waals surface area contributed by atoms with E-state index in [0.29, 0.717) is 25.8 Å². The smallest absolute Gasteiger partial charge is 0.253 e. The number of likely N-dealkylation sites (N-methyl/N-ethyl adjacent to an activating group) is 1. The van der Waals surface area contributed by atoms with Crippen LogP contribution in [0.3, 0.4) is 0 Å². The van der Waals surface area contributed by atoms with Gasteiger partial charge in [-0.3, -0.25) is 14.4 Å². The van der Waals surface area contributed by atoms with Gasteiger partial charge in [-0.2, -0.15) is 0 Å². The van der Waals surface area contributed by atoms with Gasteiger partial charge in [0.1, 0.15) is 11.6 Å². The summed E-state index contributed by atoms with van der Waals surface area (Å²) >= 11 is 0. The fourth-order valence-electron chi connectivity index (χ4n) is 7.35. The summed E-state index contributed by atoms with van der Waals surface area (Å²) in [5, 5.41) is 10.5. The lowest BCUT2D eigenvalue weighted by Crippen LogP contribution is -2.59. The highest BCUT2D eigenvalue weighted by Crippen LogP contribution is 2.64. The van der Waals surface area contributed by atoms with Crippen molar-refractivity contribution in [2.75, 3.05) is 31.6 Å². The van der Waals surface area contributed by atoms with Crippen LogP contribution in [0.15, 0.2) is 43.5 Å². The van der Waals surface area contributed by atoms with Gasteiger partial charge in [0, 0.05) is 25.8 Å². The van der Waals surface area contributed by atoms with Crippen molar-refractivity contribution in [2.24, 2.45) is 17.8 Å². The third kappa shape index (κ3) is 4.69. The summed E-state index contributed by atoms with van der Waals surface area (Å²) < 4.78 is 6.79. The zero-order valence-electron chi connectivity index (χ0n) is 24.9. The molecule has 1 aromatic carbocycles. The van der Waals surface area contributed by atoms with Gasteiger partial charge < -0.3 is 24.5 Å². The predicted molar refractivity (Wildman–Crippen MR) is 156 cm³/mol. The number of amides is 3. The number of carbonyl (C=O) groups excluding carboxylic acids is 3. The predicted octanol–water partition coefficient (Wildman–Crippen LogP) is 3.64. The number of anilines is 1. The number of aliphatic hydroxyl groups excluding tert-OH is 1. The molecule has 6 atom stereocenters. The summed E-state index contributed by atoms with van der Waals surface area (Å²) in [4.78, 5) is 48.0. The molecule has 218 valence electrons. The fourth-order valence-corrected chi connectivity index (χ4v) is 7.35. The lowest BCUT2D eigenvalue weighted by Gasteiger charge is -2.40. The van der Waals surface area contributed by atoms with Gasteiger partial charge in [0.25, 0.3) is 5.91 Å². The topological polar surface area (TPSA) is 90.4 Å². The SMILES string of the molecule is C=CCN(C)C(=O)[C@@H]1[C@H]2C(=O)N([C@@H](CO)CC(C)C)C(C(=O)N(CC=C)c3cc(C)ccc3C)C23CC[C@@]1(C)O3. The Morgan fingerprint density at radius 3 is 2.45 bits per heavy atom. The minimum absolute atomic E-state index is 0.174. The van der Waals surface area contributed by atoms with Gasteiger partial charge in [-0.05, 0) is 63.1 Å². The van der Waals surface area contributed by atoms with E-state index in [2.05, 4.69) is 13.2 Å². The maximum Gasteiger partial charge on any atom is 0.253 e. The van der Waals surface area contributed by atoms with Crippen LogP contribution in [0.4, 0.5) is 5.69 Å². The average molecular weight is 552 g/mol. The van der Waals surface area contributed by atoms with Crippen LogP contribution in [-0.2, 0) is 19.1 Å². The molecule has 1 spiro atoms. The molecule has 0 saturated carbocycles. The maximum absolute atomic E-state index is 14.8. The zero-order valence-corrected chi connectivity index (χ0v) is 24.9. The quantitative estimate of drug-likeness (QED) is 0.424. The molecule has 3 aliphatic heterocycles. The Kier molecular flexibility index (Phi) is 8.35. The van der Waals surface area contributed by atoms with Crippen LogP contribution in [0, 0.1) is 31.6 Å². The Balaban J connectivity index is 1.88. The second-order valence-electron chi connectivity index (χ2n) is 12.5. The van der Waals surface area contributed by atoms with E-state index in [0.717, 1.165) is 16.8 Å². The monoisotopic (exact) mass is 551 g/mol. The Morgan fingerprint density at radius 1 is 1.18 bits per heavy atom. The van der Waals surface area contributed by atoms with Crippen molar-refractivity contribution >= 4 is 23.4 Å². The first-order valence-corrected chi connectivity index (χ1v) is 14.4. The second kappa shape index (κ2) is 11.1. The number of rotatable bonds is 11. The molecule has 2 unspecified atom stereocenters. The fraction of sp³-hybridized carbons (Fsp3) is 0.594. The van der Waals surface area contributed by atoms with Crippen molar-refractivity contribution in [3.8, 4) is 0 Å². The Hall–Kier alpha value is -2.97. The summed E-state index contributed by atoms with van der Waals surface area (Å²) in [6.45, 7) is 17.8. The van der Waals surface area contributed by atoms with Crippen LogP contribution in [0.25, 0.3) is 0 Å². The average Bonchev–Trinajstić information content (AvgIpc) is 3.47. The molecule has 1 N–H and O–H groups in total. The third-order valence-electron chi connectivity index (χ3n) is 9.07. The highest BCUT2D eigenvalue weighted by atomic mass is 16.5. The van der Waals surface area contributed by atoms with Crippen LogP contribution in [0.5, 0.6) is 0 Å². The zero-order chi connectivity index (χ0) is 29.6. The minimum atomic E-state index is -1.17. The molecule has 3 fully saturated rings. The van der Waals surface area contributed by atoms with Crippen LogP contribution in [0.2, 0.25) is 0 Å². The maximum atomic E-state index is 14.8. The first-order valence-electron chi connectivity index (χ1n) is 14.4. The van der Waals surface area contributed by atoms with E-state index in [1.807, 2.05) is 52.8 Å². The highest BCUT2D eigenvalue weighted by Gasteiger charge is 2.78. The summed E-state index contributed by atoms with van der Waals surface area (Å²) in [7, 11) is 1.70. The van der Waals surface area contributed by atoms with E-state index in [9.17, 15) is 19.5 Å². The van der Waals surface area contributed by atoms with Crippen molar-refractivity contribution in [2.45, 2.75) is 77.2 Å². The molecule has 3 aliphatic rings. The summed E-state index contributed by atoms with van der Waals surface area (Å²) in [6, 6.07) is 4.38. The Labute approximate surface area is 238 Å². The van der Waals surface area contributed by atoms with Gasteiger partial charge in [0.2, 0.25) is 11.8 Å². The van der Waals surface area contributed by atoms with Gasteiger partial charge in [-0.25, -0.2) is 0 Å². The molecule has 1 aromatic rings. The first-order chi connectivity index (χ1) is 18.9. The minimum Gasteiger partial charge on any atom is -0.394 e. The van der Waals surface area contributed by atoms with Crippen molar-refractivity contribution in [1.82, 2.24) is 9.80 Å². The normalized spacial score (nSPS) is 29.4. The van der Waals surface area contributed by atoms with Gasteiger partial charge in [-0.15, -0.1) is 13.2 Å². The van der Waals surface area contributed by atoms with E-state index in [-0.39, 0.29) is 36.8 Å². The van der Waals surface area contributed by atoms with E-state index < -0.39 is 35.1 Å². The van der Waals surface area contributed by atoms with Crippen molar-refractivity contribution < 1.29 is 24.2 Å². The van der Waals surface area contributed by atoms with Crippen LogP contribution in [0.1, 0.15) is 51.2 Å². The summed E-state index contributed by atoms with van der Waals surface area (Å²) in [6.07, 6.45) is 4.90. The van der Waals surface area contributed by atoms with Crippen LogP contribution >= 0.6 is 0 Å². The largest absolute Gasteiger partial charge is 0.394 e. The molecule has 2 bridgehead atoms. The van der Waals surface area contributed by atoms with Crippen LogP contribution < -0.4 is 4.90 Å². The summed E-state index contributed by atoms with van der Waals surface area (Å²) in [5.74, 6) is -2.11. The molecule has 0 radical (unpaired) electrons. The molecule has 3 heterocycles. The molecule has 8 nitrogen and oxygen atoms in total. The van der Waals surface area contributed by atoms with Crippen LogP contribution in [-0.4, -0.2) is 82.7 Å². The molecule has 0 aliphatic carbocycles. The van der Waals surface area contributed by atoms with E-state index in [4.69, 9.17) is 4.74 Å². The molecule has 3 amide bonds. The Morgan fingerprint density at radius 2 is 1.85 bits per heavy atom. The number of likely N-dealkylation sites (tertiary alicyclic amines) is 1. The molecule has 4 rings (SSSR count). The highest BCUT2D eigenvalue weighted by molar-refractivity contribution is 6.05. The van der Waals surface area contributed by atoms with Crippen molar-refractivity contribution in [1.29, 1.82) is 0 Å². The molecule has 0 aromatic heterocycles. The van der Waals surface area contributed by atoms with Gasteiger partial charge in [-0.1, -0.05) is 38.1 Å². The number of carbonyl (C=O) groups is 3. The number of hydrogen-bond donors (Lipinski definition) is 1. The summed E-state index contributed by atoms with van der Waals surface area (Å²) in [5.41, 5.74) is 0.646. The van der Waals surface area contributed by atoms with E-state index in [1.165, 1.54) is 0 Å².